The van der Waals surface area contributed by atoms with Crippen LogP contribution in [0, 0.1) is 0 Å². The fraction of sp³-hybridized carbons (Fsp3) is 0.286. The highest BCUT2D eigenvalue weighted by atomic mass is 16.1. The number of carbonyl (C=O) groups excluding carboxylic acids is 1. The van der Waals surface area contributed by atoms with Gasteiger partial charge in [0.25, 0.3) is 5.91 Å². The molecule has 1 amide bonds. The quantitative estimate of drug-likeness (QED) is 0.731. The van der Waals surface area contributed by atoms with Crippen molar-refractivity contribution in [1.29, 1.82) is 0 Å². The highest BCUT2D eigenvalue weighted by Crippen LogP contribution is 2.15. The highest BCUT2D eigenvalue weighted by molar-refractivity contribution is 6.04. The first-order chi connectivity index (χ1) is 10.0. The maximum atomic E-state index is 12.1. The third-order valence-electron chi connectivity index (χ3n) is 2.97. The van der Waals surface area contributed by atoms with E-state index in [1.807, 2.05) is 13.8 Å². The molecular weight excluding hydrogens is 268 g/mol. The van der Waals surface area contributed by atoms with Crippen LogP contribution in [-0.4, -0.2) is 21.1 Å². The molecule has 0 aliphatic rings. The van der Waals surface area contributed by atoms with Crippen LogP contribution in [0.4, 0.5) is 17.3 Å². The third kappa shape index (κ3) is 3.44. The van der Waals surface area contributed by atoms with Crippen LogP contribution in [0.2, 0.25) is 0 Å². The molecule has 0 fully saturated rings. The van der Waals surface area contributed by atoms with Gasteiger partial charge in [-0.15, -0.1) is 10.2 Å². The van der Waals surface area contributed by atoms with Crippen LogP contribution in [0.3, 0.4) is 0 Å². The monoisotopic (exact) mass is 286 g/mol. The van der Waals surface area contributed by atoms with E-state index in [0.29, 0.717) is 16.9 Å². The first-order valence-electron chi connectivity index (χ1n) is 6.73. The van der Waals surface area contributed by atoms with Crippen LogP contribution in [0.1, 0.15) is 35.6 Å². The Morgan fingerprint density at radius 3 is 2.24 bits per heavy atom. The lowest BCUT2D eigenvalue weighted by atomic mass is 10.1. The zero-order valence-electron chi connectivity index (χ0n) is 12.1. The average Bonchev–Trinajstić information content (AvgIpc) is 2.46. The maximum absolute atomic E-state index is 12.1. The SMILES string of the molecule is CCc1nnc(NC(=O)c2cc(N)cc(N)c2)nc1CC. The van der Waals surface area contributed by atoms with Crippen LogP contribution in [0.5, 0.6) is 0 Å². The summed E-state index contributed by atoms with van der Waals surface area (Å²) in [5.41, 5.74) is 14.2. The zero-order chi connectivity index (χ0) is 15.4. The number of carbonyl (C=O) groups is 1. The van der Waals surface area contributed by atoms with Crippen LogP contribution in [0.15, 0.2) is 18.2 Å². The van der Waals surface area contributed by atoms with Crippen LogP contribution >= 0.6 is 0 Å². The maximum Gasteiger partial charge on any atom is 0.258 e. The molecular formula is C14H18N6O. The van der Waals surface area contributed by atoms with E-state index in [9.17, 15) is 4.79 Å². The molecule has 7 heteroatoms. The first kappa shape index (κ1) is 14.7. The number of amides is 1. The number of aryl methyl sites for hydroxylation is 2. The largest absolute Gasteiger partial charge is 0.399 e. The lowest BCUT2D eigenvalue weighted by molar-refractivity contribution is 0.102. The fourth-order valence-electron chi connectivity index (χ4n) is 1.97. The second-order valence-corrected chi connectivity index (χ2v) is 4.58. The number of nitrogens with two attached hydrogens (primary N) is 2. The minimum atomic E-state index is -0.373. The molecule has 0 radical (unpaired) electrons. The summed E-state index contributed by atoms with van der Waals surface area (Å²) in [6, 6.07) is 4.67. The number of nitrogens with zero attached hydrogens (tertiary/aromatic N) is 3. The molecule has 0 aliphatic heterocycles. The second kappa shape index (κ2) is 6.17. The molecule has 2 rings (SSSR count). The number of benzene rings is 1. The van der Waals surface area contributed by atoms with Crippen LogP contribution < -0.4 is 16.8 Å². The molecule has 0 spiro atoms. The number of anilines is 3. The van der Waals surface area contributed by atoms with Crippen LogP contribution in [-0.2, 0) is 12.8 Å². The van der Waals surface area contributed by atoms with E-state index < -0.39 is 0 Å². The molecule has 1 aromatic carbocycles. The predicted molar refractivity (Wildman–Crippen MR) is 81.8 cm³/mol. The van der Waals surface area contributed by atoms with E-state index in [4.69, 9.17) is 11.5 Å². The van der Waals surface area contributed by atoms with Gasteiger partial charge in [-0.1, -0.05) is 13.8 Å². The Morgan fingerprint density at radius 1 is 1.05 bits per heavy atom. The summed E-state index contributed by atoms with van der Waals surface area (Å²) in [6.45, 7) is 3.96. The smallest absolute Gasteiger partial charge is 0.258 e. The van der Waals surface area contributed by atoms with Gasteiger partial charge in [0, 0.05) is 16.9 Å². The number of hydrogen-bond acceptors (Lipinski definition) is 6. The second-order valence-electron chi connectivity index (χ2n) is 4.58. The van der Waals surface area contributed by atoms with E-state index in [2.05, 4.69) is 20.5 Å². The minimum Gasteiger partial charge on any atom is -0.399 e. The first-order valence-corrected chi connectivity index (χ1v) is 6.73. The van der Waals surface area contributed by atoms with Crippen molar-refractivity contribution < 1.29 is 4.79 Å². The Kier molecular flexibility index (Phi) is 4.32. The van der Waals surface area contributed by atoms with Gasteiger partial charge in [-0.05, 0) is 31.0 Å². The van der Waals surface area contributed by atoms with Gasteiger partial charge in [-0.2, -0.15) is 0 Å². The van der Waals surface area contributed by atoms with Crippen molar-refractivity contribution in [3.63, 3.8) is 0 Å². The molecule has 7 nitrogen and oxygen atoms in total. The van der Waals surface area contributed by atoms with Crippen molar-refractivity contribution in [3.05, 3.63) is 35.2 Å². The lowest BCUT2D eigenvalue weighted by Crippen LogP contribution is -2.17. The van der Waals surface area contributed by atoms with Gasteiger partial charge in [0.1, 0.15) is 0 Å². The van der Waals surface area contributed by atoms with Gasteiger partial charge in [0.15, 0.2) is 0 Å². The Morgan fingerprint density at radius 2 is 1.67 bits per heavy atom. The summed E-state index contributed by atoms with van der Waals surface area (Å²) in [4.78, 5) is 16.4. The van der Waals surface area contributed by atoms with E-state index in [1.54, 1.807) is 18.2 Å². The van der Waals surface area contributed by atoms with Crippen molar-refractivity contribution in [3.8, 4) is 0 Å². The van der Waals surface area contributed by atoms with E-state index in [0.717, 1.165) is 24.2 Å². The van der Waals surface area contributed by atoms with Gasteiger partial charge in [-0.25, -0.2) is 4.98 Å². The summed E-state index contributed by atoms with van der Waals surface area (Å²) in [7, 11) is 0. The molecule has 21 heavy (non-hydrogen) atoms. The summed E-state index contributed by atoms with van der Waals surface area (Å²) in [5, 5.41) is 10.6. The summed E-state index contributed by atoms with van der Waals surface area (Å²) in [5.74, 6) is -0.197. The van der Waals surface area contributed by atoms with Gasteiger partial charge in [0.2, 0.25) is 5.95 Å². The molecule has 1 heterocycles. The lowest BCUT2D eigenvalue weighted by Gasteiger charge is -2.08. The third-order valence-corrected chi connectivity index (χ3v) is 2.97. The standard InChI is InChI=1S/C14H18N6O/c1-3-11-12(4-2)19-20-14(17-11)18-13(21)8-5-9(15)7-10(16)6-8/h5-7H,3-4,15-16H2,1-2H3,(H,17,18,20,21). The number of rotatable bonds is 4. The molecule has 0 bridgehead atoms. The molecule has 0 aliphatic carbocycles. The number of aromatic nitrogens is 3. The van der Waals surface area contributed by atoms with E-state index in [-0.39, 0.29) is 11.9 Å². The Labute approximate surface area is 122 Å². The fourth-order valence-corrected chi connectivity index (χ4v) is 1.97. The molecule has 0 saturated carbocycles. The van der Waals surface area contributed by atoms with Crippen molar-refractivity contribution in [2.45, 2.75) is 26.7 Å². The van der Waals surface area contributed by atoms with Crippen molar-refractivity contribution in [2.75, 3.05) is 16.8 Å². The minimum absolute atomic E-state index is 0.176. The number of hydrogen-bond donors (Lipinski definition) is 3. The Balaban J connectivity index is 2.23. The van der Waals surface area contributed by atoms with Crippen molar-refractivity contribution in [2.24, 2.45) is 0 Å². The van der Waals surface area contributed by atoms with Gasteiger partial charge in [-0.3, -0.25) is 10.1 Å². The van der Waals surface area contributed by atoms with E-state index in [1.165, 1.54) is 0 Å². The van der Waals surface area contributed by atoms with Gasteiger partial charge in [0.05, 0.1) is 11.4 Å². The summed E-state index contributed by atoms with van der Waals surface area (Å²) >= 11 is 0. The molecule has 0 atom stereocenters. The van der Waals surface area contributed by atoms with Crippen molar-refractivity contribution in [1.82, 2.24) is 15.2 Å². The normalized spacial score (nSPS) is 10.4. The van der Waals surface area contributed by atoms with Crippen LogP contribution in [0.25, 0.3) is 0 Å². The average molecular weight is 286 g/mol. The summed E-state index contributed by atoms with van der Waals surface area (Å²) in [6.07, 6.45) is 1.48. The Hall–Kier alpha value is -2.70. The molecule has 0 unspecified atom stereocenters. The Bertz CT molecular complexity index is 650. The van der Waals surface area contributed by atoms with Gasteiger partial charge < -0.3 is 11.5 Å². The molecule has 1 aromatic heterocycles. The number of nitrogen functional groups attached to an aromatic ring is 2. The van der Waals surface area contributed by atoms with Gasteiger partial charge >= 0.3 is 0 Å². The number of nitrogens with one attached hydrogen (secondary N) is 1. The van der Waals surface area contributed by atoms with Crippen molar-refractivity contribution >= 4 is 23.2 Å². The molecule has 2 aromatic rings. The molecule has 5 N–H and O–H groups in total. The molecule has 0 saturated heterocycles. The highest BCUT2D eigenvalue weighted by Gasteiger charge is 2.11. The topological polar surface area (TPSA) is 120 Å². The summed E-state index contributed by atoms with van der Waals surface area (Å²) < 4.78 is 0. The predicted octanol–water partition coefficient (Wildman–Crippen LogP) is 1.41. The van der Waals surface area contributed by atoms with E-state index >= 15 is 0 Å². The molecule has 110 valence electrons. The zero-order valence-corrected chi connectivity index (χ0v) is 12.1.